The average Bonchev–Trinajstić information content (AvgIpc) is 3.28. The molecule has 1 aliphatic carbocycles. The molecular weight excluding hydrogens is 332 g/mol. The van der Waals surface area contributed by atoms with Gasteiger partial charge >= 0.3 is 5.76 Å². The third-order valence-electron chi connectivity index (χ3n) is 3.77. The molecule has 1 aromatic carbocycles. The van der Waals surface area contributed by atoms with Crippen molar-refractivity contribution in [2.24, 2.45) is 0 Å². The molecule has 2 heterocycles. The van der Waals surface area contributed by atoms with Crippen LogP contribution in [0.3, 0.4) is 0 Å². The zero-order chi connectivity index (χ0) is 16.7. The molecule has 0 saturated heterocycles. The van der Waals surface area contributed by atoms with E-state index in [0.29, 0.717) is 22.2 Å². The van der Waals surface area contributed by atoms with Crippen LogP contribution in [0.5, 0.6) is 5.75 Å². The minimum Gasteiger partial charge on any atom is -0.489 e. The van der Waals surface area contributed by atoms with Crippen LogP contribution in [0.2, 0.25) is 5.02 Å². The molecule has 3 aromatic rings. The fourth-order valence-corrected chi connectivity index (χ4v) is 2.65. The number of nitrogens with zero attached hydrogens (tertiary/aromatic N) is 3. The summed E-state index contributed by atoms with van der Waals surface area (Å²) in [5.74, 6) is 0.311. The van der Waals surface area contributed by atoms with Crippen LogP contribution >= 0.6 is 11.6 Å². The summed E-state index contributed by atoms with van der Waals surface area (Å²) < 4.78 is 10.3. The Kier molecular flexibility index (Phi) is 3.57. The highest BCUT2D eigenvalue weighted by molar-refractivity contribution is 6.32. The first kappa shape index (κ1) is 14.9. The largest absolute Gasteiger partial charge is 0.489 e. The third kappa shape index (κ3) is 2.78. The maximum atomic E-state index is 11.1. The predicted octanol–water partition coefficient (Wildman–Crippen LogP) is 2.99. The van der Waals surface area contributed by atoms with Crippen molar-refractivity contribution in [1.29, 1.82) is 0 Å². The maximum Gasteiger partial charge on any atom is 0.439 e. The molecule has 1 aliphatic rings. The van der Waals surface area contributed by atoms with E-state index in [4.69, 9.17) is 16.3 Å². The summed E-state index contributed by atoms with van der Waals surface area (Å²) in [6, 6.07) is 5.55. The number of aromatic nitrogens is 4. The van der Waals surface area contributed by atoms with E-state index < -0.39 is 5.76 Å². The second-order valence-corrected chi connectivity index (χ2v) is 6.01. The Balaban J connectivity index is 1.73. The number of halogens is 1. The molecule has 0 atom stereocenters. The minimum absolute atomic E-state index is 0.265. The lowest BCUT2D eigenvalue weighted by Crippen LogP contribution is -2.00. The zero-order valence-electron chi connectivity index (χ0n) is 12.7. The molecule has 1 fully saturated rings. The van der Waals surface area contributed by atoms with E-state index in [2.05, 4.69) is 24.6 Å². The van der Waals surface area contributed by atoms with Gasteiger partial charge in [-0.2, -0.15) is 0 Å². The number of nitrogens with one attached hydrogen (secondary N) is 1. The summed E-state index contributed by atoms with van der Waals surface area (Å²) in [4.78, 5) is 22.1. The van der Waals surface area contributed by atoms with Gasteiger partial charge in [0.15, 0.2) is 0 Å². The van der Waals surface area contributed by atoms with Crippen molar-refractivity contribution in [2.45, 2.75) is 25.9 Å². The van der Waals surface area contributed by atoms with Crippen molar-refractivity contribution >= 4 is 11.6 Å². The van der Waals surface area contributed by atoms with Gasteiger partial charge in [-0.15, -0.1) is 0 Å². The van der Waals surface area contributed by atoms with E-state index in [-0.39, 0.29) is 11.9 Å². The Morgan fingerprint density at radius 1 is 1.29 bits per heavy atom. The lowest BCUT2D eigenvalue weighted by Gasteiger charge is -2.11. The summed E-state index contributed by atoms with van der Waals surface area (Å²) in [6.45, 7) is 1.85. The van der Waals surface area contributed by atoms with Gasteiger partial charge in [-0.3, -0.25) is 9.51 Å². The van der Waals surface area contributed by atoms with Gasteiger partial charge in [-0.25, -0.2) is 14.8 Å². The predicted molar refractivity (Wildman–Crippen MR) is 87.0 cm³/mol. The quantitative estimate of drug-likeness (QED) is 0.782. The fraction of sp³-hybridized carbons (Fsp3) is 0.250. The molecule has 1 saturated carbocycles. The first-order chi connectivity index (χ1) is 11.6. The van der Waals surface area contributed by atoms with Crippen molar-refractivity contribution in [1.82, 2.24) is 20.1 Å². The first-order valence-electron chi connectivity index (χ1n) is 7.46. The highest BCUT2D eigenvalue weighted by Gasteiger charge is 2.24. The zero-order valence-corrected chi connectivity index (χ0v) is 13.5. The second-order valence-electron chi connectivity index (χ2n) is 5.60. The Bertz CT molecular complexity index is 962. The molecule has 1 N–H and O–H groups in total. The third-order valence-corrected chi connectivity index (χ3v) is 4.07. The van der Waals surface area contributed by atoms with Crippen molar-refractivity contribution in [2.75, 3.05) is 0 Å². The average molecular weight is 345 g/mol. The van der Waals surface area contributed by atoms with E-state index in [1.165, 1.54) is 6.33 Å². The first-order valence-corrected chi connectivity index (χ1v) is 7.84. The van der Waals surface area contributed by atoms with E-state index in [1.54, 1.807) is 0 Å². The molecule has 0 aliphatic heterocycles. The second kappa shape index (κ2) is 5.76. The Hall–Kier alpha value is -2.67. The van der Waals surface area contributed by atoms with Gasteiger partial charge in [0.25, 0.3) is 0 Å². The van der Waals surface area contributed by atoms with E-state index in [0.717, 1.165) is 24.0 Å². The highest BCUT2D eigenvalue weighted by atomic mass is 35.5. The minimum atomic E-state index is -0.630. The normalized spacial score (nSPS) is 13.9. The molecule has 4 rings (SSSR count). The van der Waals surface area contributed by atoms with E-state index in [9.17, 15) is 4.79 Å². The summed E-state index contributed by atoms with van der Waals surface area (Å²) in [5.41, 5.74) is 2.79. The molecule has 122 valence electrons. The number of rotatable bonds is 4. The fourth-order valence-electron chi connectivity index (χ4n) is 2.42. The Morgan fingerprint density at radius 2 is 2.08 bits per heavy atom. The van der Waals surface area contributed by atoms with Gasteiger partial charge in [0.2, 0.25) is 5.82 Å². The van der Waals surface area contributed by atoms with Gasteiger partial charge in [-0.05, 0) is 38.0 Å². The number of aromatic amines is 1. The summed E-state index contributed by atoms with van der Waals surface area (Å²) in [6.07, 6.45) is 3.84. The molecule has 0 radical (unpaired) electrons. The van der Waals surface area contributed by atoms with Gasteiger partial charge in [0, 0.05) is 11.1 Å². The Morgan fingerprint density at radius 3 is 2.75 bits per heavy atom. The van der Waals surface area contributed by atoms with Crippen LogP contribution in [0.25, 0.3) is 22.8 Å². The van der Waals surface area contributed by atoms with Gasteiger partial charge in [0.1, 0.15) is 17.8 Å². The summed E-state index contributed by atoms with van der Waals surface area (Å²) >= 11 is 6.32. The lowest BCUT2D eigenvalue weighted by molar-refractivity contribution is 0.303. The molecule has 2 aromatic heterocycles. The molecule has 0 unspecified atom stereocenters. The van der Waals surface area contributed by atoms with Crippen LogP contribution in [0, 0.1) is 6.92 Å². The van der Waals surface area contributed by atoms with Crippen LogP contribution in [0.15, 0.2) is 33.8 Å². The van der Waals surface area contributed by atoms with Crippen molar-refractivity contribution in [3.05, 3.63) is 45.7 Å². The number of H-pyrrole nitrogens is 1. The molecule has 0 bridgehead atoms. The number of hydrogen-bond donors (Lipinski definition) is 1. The monoisotopic (exact) mass is 344 g/mol. The van der Waals surface area contributed by atoms with Crippen LogP contribution in [-0.2, 0) is 0 Å². The van der Waals surface area contributed by atoms with Gasteiger partial charge in [-0.1, -0.05) is 16.8 Å². The molecule has 7 nitrogen and oxygen atoms in total. The summed E-state index contributed by atoms with van der Waals surface area (Å²) in [5, 5.41) is 4.21. The van der Waals surface area contributed by atoms with Crippen LogP contribution in [-0.4, -0.2) is 26.2 Å². The van der Waals surface area contributed by atoms with Crippen LogP contribution in [0.1, 0.15) is 18.4 Å². The number of ether oxygens (including phenoxy) is 1. The van der Waals surface area contributed by atoms with Crippen LogP contribution < -0.4 is 10.5 Å². The molecule has 0 spiro atoms. The van der Waals surface area contributed by atoms with Crippen molar-refractivity contribution in [3.8, 4) is 28.5 Å². The van der Waals surface area contributed by atoms with E-state index >= 15 is 0 Å². The molecular formula is C16H13ClN4O3. The molecule has 24 heavy (non-hydrogen) atoms. The number of hydrogen-bond acceptors (Lipinski definition) is 6. The smallest absolute Gasteiger partial charge is 0.439 e. The molecule has 0 amide bonds. The highest BCUT2D eigenvalue weighted by Crippen LogP contribution is 2.35. The van der Waals surface area contributed by atoms with Crippen molar-refractivity contribution < 1.29 is 9.26 Å². The lowest BCUT2D eigenvalue weighted by atomic mass is 10.1. The molecule has 8 heteroatoms. The van der Waals surface area contributed by atoms with E-state index in [1.807, 2.05) is 25.1 Å². The standard InChI is InChI=1S/C16H13ClN4O3/c1-8-13(18-7-19-14(8)15-20-16(22)24-21-15)9-2-5-12(11(17)6-9)23-10-3-4-10/h2,5-7,10H,3-4H2,1H3,(H,20,21,22). The summed E-state index contributed by atoms with van der Waals surface area (Å²) in [7, 11) is 0. The maximum absolute atomic E-state index is 11.1. The topological polar surface area (TPSA) is 93.9 Å². The Labute approximate surface area is 141 Å². The van der Waals surface area contributed by atoms with Crippen molar-refractivity contribution in [3.63, 3.8) is 0 Å². The van der Waals surface area contributed by atoms with Gasteiger partial charge in [0.05, 0.1) is 16.8 Å². The van der Waals surface area contributed by atoms with Gasteiger partial charge < -0.3 is 4.74 Å². The SMILES string of the molecule is Cc1c(-c2ccc(OC3CC3)c(Cl)c2)ncnc1-c1noc(=O)[nH]1. The van der Waals surface area contributed by atoms with Crippen LogP contribution in [0.4, 0.5) is 0 Å². The number of benzene rings is 1.